The van der Waals surface area contributed by atoms with Crippen molar-refractivity contribution in [3.05, 3.63) is 59.2 Å². The van der Waals surface area contributed by atoms with Gasteiger partial charge in [-0.2, -0.15) is 5.26 Å². The predicted octanol–water partition coefficient (Wildman–Crippen LogP) is 3.44. The van der Waals surface area contributed by atoms with E-state index in [1.165, 1.54) is 25.1 Å². The number of benzene rings is 2. The molecule has 0 aromatic heterocycles. The maximum absolute atomic E-state index is 11.3. The molecular formula is C17H12ClNO4. The van der Waals surface area contributed by atoms with E-state index in [1.807, 2.05) is 0 Å². The minimum absolute atomic E-state index is 0.128. The highest BCUT2D eigenvalue weighted by Gasteiger charge is 2.10. The van der Waals surface area contributed by atoms with Crippen molar-refractivity contribution in [2.24, 2.45) is 0 Å². The first-order valence-corrected chi connectivity index (χ1v) is 7.01. The molecule has 2 rings (SSSR count). The number of hydrogen-bond donors (Lipinski definition) is 0. The molecular weight excluding hydrogens is 318 g/mol. The Morgan fingerprint density at radius 1 is 1.17 bits per heavy atom. The van der Waals surface area contributed by atoms with E-state index < -0.39 is 11.2 Å². The molecule has 0 unspecified atom stereocenters. The van der Waals surface area contributed by atoms with Gasteiger partial charge < -0.3 is 9.47 Å². The lowest BCUT2D eigenvalue weighted by molar-refractivity contribution is -0.131. The van der Waals surface area contributed by atoms with Gasteiger partial charge in [-0.25, -0.2) is 0 Å². The molecule has 0 radical (unpaired) electrons. The van der Waals surface area contributed by atoms with Crippen LogP contribution in [0.4, 0.5) is 0 Å². The Hall–Kier alpha value is -2.84. The fourth-order valence-corrected chi connectivity index (χ4v) is 2.02. The summed E-state index contributed by atoms with van der Waals surface area (Å²) in [5.74, 6) is -0.0574. The summed E-state index contributed by atoms with van der Waals surface area (Å²) in [5.41, 5.74) is 1.35. The zero-order chi connectivity index (χ0) is 16.8. The summed E-state index contributed by atoms with van der Waals surface area (Å²) in [6, 6.07) is 13.3. The van der Waals surface area contributed by atoms with Crippen LogP contribution in [0.25, 0.3) is 0 Å². The summed E-state index contributed by atoms with van der Waals surface area (Å²) in [6.07, 6.45) is 0. The Kier molecular flexibility index (Phi) is 5.34. The second-order valence-electron chi connectivity index (χ2n) is 4.62. The molecule has 116 valence electrons. The quantitative estimate of drug-likeness (QED) is 0.477. The van der Waals surface area contributed by atoms with Crippen LogP contribution in [0.3, 0.4) is 0 Å². The van der Waals surface area contributed by atoms with Crippen molar-refractivity contribution >= 4 is 22.8 Å². The average molecular weight is 330 g/mol. The number of rotatable bonds is 5. The molecule has 0 aliphatic rings. The molecule has 0 saturated carbocycles. The fraction of sp³-hybridized carbons (Fsp3) is 0.118. The van der Waals surface area contributed by atoms with Gasteiger partial charge in [0.1, 0.15) is 18.1 Å². The first kappa shape index (κ1) is 16.5. The Balaban J connectivity index is 2.25. The molecule has 0 N–H and O–H groups in total. The molecule has 0 aliphatic carbocycles. The molecule has 5 nitrogen and oxygen atoms in total. The van der Waals surface area contributed by atoms with Gasteiger partial charge in [-0.3, -0.25) is 9.59 Å². The number of carbonyl (C=O) groups is 2. The zero-order valence-corrected chi connectivity index (χ0v) is 13.0. The predicted molar refractivity (Wildman–Crippen MR) is 83.4 cm³/mol. The van der Waals surface area contributed by atoms with Crippen LogP contribution in [0.5, 0.6) is 11.5 Å². The Morgan fingerprint density at radius 2 is 1.87 bits per heavy atom. The third kappa shape index (κ3) is 4.56. The van der Waals surface area contributed by atoms with Gasteiger partial charge in [-0.05, 0) is 29.8 Å². The fourth-order valence-electron chi connectivity index (χ4n) is 1.91. The first-order chi connectivity index (χ1) is 11.0. The molecule has 2 aromatic carbocycles. The topological polar surface area (TPSA) is 76.4 Å². The van der Waals surface area contributed by atoms with E-state index in [2.05, 4.69) is 6.07 Å². The molecule has 0 atom stereocenters. The number of nitriles is 1. The van der Waals surface area contributed by atoms with Crippen LogP contribution >= 0.6 is 11.6 Å². The number of halogens is 1. The van der Waals surface area contributed by atoms with E-state index in [0.717, 1.165) is 0 Å². The number of nitrogens with zero attached hydrogens (tertiary/aromatic N) is 1. The van der Waals surface area contributed by atoms with Gasteiger partial charge in [-0.15, -0.1) is 0 Å². The first-order valence-electron chi connectivity index (χ1n) is 6.63. The van der Waals surface area contributed by atoms with Crippen molar-refractivity contribution in [3.8, 4) is 17.6 Å². The Bertz CT molecular complexity index is 795. The standard InChI is InChI=1S/C17H12ClNO4/c1-11(20)23-16-7-14(17(18)21)6-15(8-16)22-10-13-5-3-2-4-12(13)9-19/h2-8H,10H2,1H3. The summed E-state index contributed by atoms with van der Waals surface area (Å²) < 4.78 is 10.6. The van der Waals surface area contributed by atoms with Crippen LogP contribution in [-0.4, -0.2) is 11.2 Å². The maximum atomic E-state index is 11.3. The molecule has 0 amide bonds. The number of carbonyl (C=O) groups excluding carboxylic acids is 2. The lowest BCUT2D eigenvalue weighted by atomic mass is 10.1. The SMILES string of the molecule is CC(=O)Oc1cc(OCc2ccccc2C#N)cc(C(=O)Cl)c1. The van der Waals surface area contributed by atoms with Crippen molar-refractivity contribution < 1.29 is 19.1 Å². The van der Waals surface area contributed by atoms with Crippen LogP contribution in [0, 0.1) is 11.3 Å². The van der Waals surface area contributed by atoms with Gasteiger partial charge in [0, 0.05) is 24.1 Å². The van der Waals surface area contributed by atoms with E-state index in [9.17, 15) is 9.59 Å². The van der Waals surface area contributed by atoms with Gasteiger partial charge in [0.2, 0.25) is 0 Å². The lowest BCUT2D eigenvalue weighted by Gasteiger charge is -2.10. The van der Waals surface area contributed by atoms with Gasteiger partial charge in [0.15, 0.2) is 0 Å². The molecule has 0 fully saturated rings. The monoisotopic (exact) mass is 329 g/mol. The highest BCUT2D eigenvalue weighted by Crippen LogP contribution is 2.25. The smallest absolute Gasteiger partial charge is 0.308 e. The molecule has 0 spiro atoms. The summed E-state index contributed by atoms with van der Waals surface area (Å²) in [6.45, 7) is 1.38. The van der Waals surface area contributed by atoms with Gasteiger partial charge in [-0.1, -0.05) is 18.2 Å². The van der Waals surface area contributed by atoms with Crippen LogP contribution in [0.15, 0.2) is 42.5 Å². The zero-order valence-electron chi connectivity index (χ0n) is 12.2. The van der Waals surface area contributed by atoms with E-state index in [-0.39, 0.29) is 17.9 Å². The normalized spacial score (nSPS) is 9.78. The largest absolute Gasteiger partial charge is 0.489 e. The minimum Gasteiger partial charge on any atom is -0.489 e. The highest BCUT2D eigenvalue weighted by atomic mass is 35.5. The van der Waals surface area contributed by atoms with Crippen molar-refractivity contribution in [1.82, 2.24) is 0 Å². The molecule has 0 aliphatic heterocycles. The van der Waals surface area contributed by atoms with Crippen LogP contribution in [-0.2, 0) is 11.4 Å². The van der Waals surface area contributed by atoms with Crippen molar-refractivity contribution in [2.45, 2.75) is 13.5 Å². The minimum atomic E-state index is -0.693. The van der Waals surface area contributed by atoms with Crippen LogP contribution in [0.1, 0.15) is 28.4 Å². The molecule has 6 heteroatoms. The van der Waals surface area contributed by atoms with Gasteiger partial charge in [0.05, 0.1) is 11.6 Å². The maximum Gasteiger partial charge on any atom is 0.308 e. The highest BCUT2D eigenvalue weighted by molar-refractivity contribution is 6.67. The van der Waals surface area contributed by atoms with Gasteiger partial charge >= 0.3 is 5.97 Å². The number of hydrogen-bond acceptors (Lipinski definition) is 5. The van der Waals surface area contributed by atoms with E-state index >= 15 is 0 Å². The molecule has 0 saturated heterocycles. The molecule has 0 heterocycles. The van der Waals surface area contributed by atoms with E-state index in [0.29, 0.717) is 16.9 Å². The summed E-state index contributed by atoms with van der Waals surface area (Å²) >= 11 is 5.47. The lowest BCUT2D eigenvalue weighted by Crippen LogP contribution is -2.04. The van der Waals surface area contributed by atoms with E-state index in [4.69, 9.17) is 26.3 Å². The van der Waals surface area contributed by atoms with Crippen LogP contribution in [0.2, 0.25) is 0 Å². The summed E-state index contributed by atoms with van der Waals surface area (Å²) in [4.78, 5) is 22.4. The van der Waals surface area contributed by atoms with Crippen LogP contribution < -0.4 is 9.47 Å². The second kappa shape index (κ2) is 7.43. The summed E-state index contributed by atoms with van der Waals surface area (Å²) in [5, 5.41) is 8.36. The third-order valence-electron chi connectivity index (χ3n) is 2.90. The number of ether oxygens (including phenoxy) is 2. The van der Waals surface area contributed by atoms with E-state index in [1.54, 1.807) is 24.3 Å². The van der Waals surface area contributed by atoms with Crippen molar-refractivity contribution in [3.63, 3.8) is 0 Å². The molecule has 2 aromatic rings. The molecule has 23 heavy (non-hydrogen) atoms. The average Bonchev–Trinajstić information content (AvgIpc) is 2.52. The Morgan fingerprint density at radius 3 is 2.52 bits per heavy atom. The second-order valence-corrected chi connectivity index (χ2v) is 4.96. The number of esters is 1. The Labute approximate surface area is 138 Å². The summed E-state index contributed by atoms with van der Waals surface area (Å²) in [7, 11) is 0. The molecule has 0 bridgehead atoms. The van der Waals surface area contributed by atoms with Gasteiger partial charge in [0.25, 0.3) is 5.24 Å². The third-order valence-corrected chi connectivity index (χ3v) is 3.12. The van der Waals surface area contributed by atoms with Crippen molar-refractivity contribution in [1.29, 1.82) is 5.26 Å². The van der Waals surface area contributed by atoms with Crippen molar-refractivity contribution in [2.75, 3.05) is 0 Å².